The summed E-state index contributed by atoms with van der Waals surface area (Å²) in [5.41, 5.74) is -0.999. The van der Waals surface area contributed by atoms with Gasteiger partial charge in [-0.15, -0.1) is 0 Å². The smallest absolute Gasteiger partial charge is 0.258 e. The second kappa shape index (κ2) is 48.7. The van der Waals surface area contributed by atoms with Gasteiger partial charge in [0.1, 0.15) is 35.1 Å². The molecule has 0 saturated carbocycles. The minimum Gasteiger partial charge on any atom is -0.392 e. The Balaban J connectivity index is 0.000000246. The maximum atomic E-state index is 13.8. The van der Waals surface area contributed by atoms with Crippen molar-refractivity contribution in [1.82, 2.24) is 9.80 Å². The molecule has 6 fully saturated rings. The monoisotopic (exact) mass is 1870 g/mol. The number of aliphatic hydroxyl groups is 5. The SMILES string of the molecule is C=C1C[C@](C)([C@H](O)C(=O)C[C@@H](C)[C@@H]2C[C@@H](OCCCN3C(=O)C=CC3=O)C(C)(C)[C@@H](C[C@@H](COC)OC)O2)O[C@H](C)[C@@H]1C.C=C1C[C@](C)([C@H](O)C(=O)C[C@@H](OCCCN2C(=O)C=CC2=O)[C@@H]2C[C@@H](O)C(C)(C)[C@@H](C[C@@H](COC)OC)O2)O[C@H](C)[C@@H]1C.C=C1C[C@](C)([C@H](O)C(=O)C[C@@H](OCc2ccc(N3C(=O)C=CC3=O)cc2)[C@@H]2C[C@@H](O)C(C)(C)[C@@H](C[C@@H](COC)OC)O2)O[C@H](C)[C@@H]1C. The Kier molecular flexibility index (Phi) is 40.9. The largest absolute Gasteiger partial charge is 0.392 e. The third-order valence-electron chi connectivity index (χ3n) is 29.5. The van der Waals surface area contributed by atoms with Crippen LogP contribution in [0.15, 0.2) is 97.2 Å². The number of Topliss-reactive ketones (excluding diaryl/α,β-unsaturated/α-hetero) is 3. The van der Waals surface area contributed by atoms with Crippen LogP contribution in [0.1, 0.15) is 206 Å². The molecular weight excluding hydrogens is 1720 g/mol. The number of imide groups is 3. The van der Waals surface area contributed by atoms with Crippen LogP contribution in [-0.2, 0) is 121 Å². The fourth-order valence-corrected chi connectivity index (χ4v) is 19.3. The fraction of sp³-hybridized carbons (Fsp3) is 0.733. The Hall–Kier alpha value is -6.71. The van der Waals surface area contributed by atoms with Crippen LogP contribution in [0.3, 0.4) is 0 Å². The number of hydrogen-bond donors (Lipinski definition) is 5. The summed E-state index contributed by atoms with van der Waals surface area (Å²) in [7, 11) is 9.65. The Labute approximate surface area is 786 Å². The molecule has 0 aliphatic carbocycles. The molecule has 5 N–H and O–H groups in total. The second-order valence-electron chi connectivity index (χ2n) is 40.5. The van der Waals surface area contributed by atoms with Crippen molar-refractivity contribution in [3.63, 3.8) is 0 Å². The zero-order chi connectivity index (χ0) is 98.9. The molecule has 1 aromatic carbocycles. The number of carbonyl (C=O) groups is 9. The summed E-state index contributed by atoms with van der Waals surface area (Å²) in [6, 6.07) is 6.79. The van der Waals surface area contributed by atoms with Crippen LogP contribution in [-0.4, -0.2) is 316 Å². The van der Waals surface area contributed by atoms with E-state index in [4.69, 9.17) is 71.1 Å². The Morgan fingerprint density at radius 2 is 0.782 bits per heavy atom. The first kappa shape index (κ1) is 112. The van der Waals surface area contributed by atoms with E-state index in [9.17, 15) is 68.7 Å². The molecule has 0 aromatic heterocycles. The molecule has 133 heavy (non-hydrogen) atoms. The molecule has 6 saturated heterocycles. The van der Waals surface area contributed by atoms with Gasteiger partial charge in [-0.25, -0.2) is 4.90 Å². The molecule has 0 radical (unpaired) electrons. The number of ketones is 3. The molecule has 32 nitrogen and oxygen atoms in total. The number of carbonyl (C=O) groups excluding carboxylic acids is 9. The number of nitrogens with zero attached hydrogens (tertiary/aromatic N) is 3. The van der Waals surface area contributed by atoms with Crippen molar-refractivity contribution in [3.8, 4) is 0 Å². The molecule has 9 heterocycles. The lowest BCUT2D eigenvalue weighted by molar-refractivity contribution is -0.219. The number of benzene rings is 1. The quantitative estimate of drug-likeness (QED) is 0.0230. The van der Waals surface area contributed by atoms with Crippen molar-refractivity contribution in [3.05, 3.63) is 103 Å². The van der Waals surface area contributed by atoms with E-state index < -0.39 is 124 Å². The number of amides is 6. The molecule has 0 unspecified atom stereocenters. The lowest BCUT2D eigenvalue weighted by Crippen LogP contribution is -2.56. The molecule has 9 aliphatic heterocycles. The molecular formula is C101H155N3O29. The van der Waals surface area contributed by atoms with Gasteiger partial charge in [0.2, 0.25) is 0 Å². The van der Waals surface area contributed by atoms with Gasteiger partial charge < -0.3 is 96.6 Å². The predicted octanol–water partition coefficient (Wildman–Crippen LogP) is 9.68. The molecule has 6 amide bonds. The third kappa shape index (κ3) is 28.1. The maximum absolute atomic E-state index is 13.8. The lowest BCUT2D eigenvalue weighted by Gasteiger charge is -2.50. The topological polar surface area (TPSA) is 403 Å². The zero-order valence-electron chi connectivity index (χ0n) is 82.7. The van der Waals surface area contributed by atoms with E-state index >= 15 is 0 Å². The summed E-state index contributed by atoms with van der Waals surface area (Å²) in [5, 5.41) is 56.4. The fourth-order valence-electron chi connectivity index (χ4n) is 19.3. The van der Waals surface area contributed by atoms with Crippen LogP contribution in [0.5, 0.6) is 0 Å². The highest BCUT2D eigenvalue weighted by Crippen LogP contribution is 2.48. The summed E-state index contributed by atoms with van der Waals surface area (Å²) >= 11 is 0. The molecule has 27 atom stereocenters. The number of anilines is 1. The van der Waals surface area contributed by atoms with Gasteiger partial charge in [0.05, 0.1) is 136 Å². The van der Waals surface area contributed by atoms with Gasteiger partial charge in [-0.1, -0.05) is 118 Å². The minimum atomic E-state index is -1.44. The first-order valence-electron chi connectivity index (χ1n) is 47.0. The van der Waals surface area contributed by atoms with E-state index in [0.29, 0.717) is 89.9 Å². The highest BCUT2D eigenvalue weighted by molar-refractivity contribution is 6.28. The lowest BCUT2D eigenvalue weighted by atomic mass is 9.72. The van der Waals surface area contributed by atoms with Crippen LogP contribution >= 0.6 is 0 Å². The minimum absolute atomic E-state index is 0.0714. The zero-order valence-corrected chi connectivity index (χ0v) is 82.7. The second-order valence-corrected chi connectivity index (χ2v) is 40.5. The Bertz CT molecular complexity index is 4180. The summed E-state index contributed by atoms with van der Waals surface area (Å²) in [6.45, 7) is 45.5. The van der Waals surface area contributed by atoms with Crippen LogP contribution in [0.2, 0.25) is 0 Å². The van der Waals surface area contributed by atoms with Gasteiger partial charge in [-0.3, -0.25) is 53.0 Å². The van der Waals surface area contributed by atoms with E-state index in [1.54, 1.807) is 87.7 Å². The van der Waals surface area contributed by atoms with Gasteiger partial charge >= 0.3 is 0 Å². The first-order chi connectivity index (χ1) is 62.4. The number of ether oxygens (including phenoxy) is 15. The number of aliphatic hydroxyl groups excluding tert-OH is 5. The summed E-state index contributed by atoms with van der Waals surface area (Å²) in [4.78, 5) is 116. The standard InChI is InChI=1S/C36H51NO10.C33H53NO9.C32H51NO10/c1-21-18-36(6,47-23(3)22(21)2)34(42)27(38)16-28(29-17-30(39)35(4,5)31(46-29)15-26(44-8)20-43-7)45-19-24-9-11-25(12-10-24)37-32(40)13-14-33(37)41;1-20(15-25(35)31(38)33(7)18-21(2)22(3)23(4)43-33)26-17-27(41-14-10-13-34-29(36)11-12-30(34)37)32(5,6)28(42-26)16-24(40-9)19-39-8;1-19-17-32(6,43-21(3)20(19)2)30(38)23(34)15-24(41-13-9-12-33-28(36)10-11-29(33)37)25-16-26(35)31(4,5)27(42-25)14-22(40-8)18-39-7/h9-14,22-23,26,28-31,34,39,42H,1,15-20H2,2-8H3;11-12,20,22-24,26-28,31,38H,2,10,13-19H2,1,3-9H3;10-11,20-22,24-27,30,35,38H,1,9,12-18H2,2-8H3/t22-,23-,26+,28-,29+,30-,31-,34-,36-;20-,22-,23-,24+,26+,27-,28-,31-,33-;20-,21-,22+,24-,25+,26-,27-,30-,32-/m111/s1. The van der Waals surface area contributed by atoms with Crippen molar-refractivity contribution in [2.75, 3.05) is 93.7 Å². The average Bonchev–Trinajstić information content (AvgIpc) is 1.37. The van der Waals surface area contributed by atoms with E-state index in [1.165, 1.54) is 41.4 Å². The molecule has 0 spiro atoms. The van der Waals surface area contributed by atoms with Gasteiger partial charge in [-0.2, -0.15) is 0 Å². The molecule has 32 heteroatoms. The van der Waals surface area contributed by atoms with Crippen LogP contribution in [0.4, 0.5) is 5.69 Å². The highest BCUT2D eigenvalue weighted by atomic mass is 16.6. The average molecular weight is 1880 g/mol. The van der Waals surface area contributed by atoms with E-state index in [0.717, 1.165) is 32.1 Å². The maximum Gasteiger partial charge on any atom is 0.258 e. The van der Waals surface area contributed by atoms with Crippen molar-refractivity contribution < 1.29 is 140 Å². The molecule has 1 aromatic rings. The van der Waals surface area contributed by atoms with Crippen molar-refractivity contribution in [1.29, 1.82) is 0 Å². The first-order valence-corrected chi connectivity index (χ1v) is 47.0. The molecule has 9 aliphatic rings. The van der Waals surface area contributed by atoms with Crippen molar-refractivity contribution >= 4 is 58.5 Å². The number of rotatable bonds is 44. The molecule has 10 rings (SSSR count). The van der Waals surface area contributed by atoms with Gasteiger partial charge in [0.25, 0.3) is 35.4 Å². The summed E-state index contributed by atoms with van der Waals surface area (Å²) in [5.74, 6) is -3.25. The van der Waals surface area contributed by atoms with Gasteiger partial charge in [0, 0.05) is 216 Å². The summed E-state index contributed by atoms with van der Waals surface area (Å²) < 4.78 is 90.1. The van der Waals surface area contributed by atoms with Crippen molar-refractivity contribution in [2.45, 2.75) is 346 Å². The van der Waals surface area contributed by atoms with Gasteiger partial charge in [0.15, 0.2) is 17.3 Å². The van der Waals surface area contributed by atoms with E-state index in [2.05, 4.69) is 33.6 Å². The summed E-state index contributed by atoms with van der Waals surface area (Å²) in [6.07, 6.45) is -0.0443. The molecule has 748 valence electrons. The van der Waals surface area contributed by atoms with Crippen molar-refractivity contribution in [2.24, 2.45) is 39.9 Å². The van der Waals surface area contributed by atoms with Crippen LogP contribution in [0.25, 0.3) is 0 Å². The normalized spacial score (nSPS) is 32.4. The highest BCUT2D eigenvalue weighted by Gasteiger charge is 2.55. The molecule has 0 bridgehead atoms. The van der Waals surface area contributed by atoms with E-state index in [-0.39, 0.29) is 166 Å². The van der Waals surface area contributed by atoms with E-state index in [1.807, 2.05) is 76.2 Å². The van der Waals surface area contributed by atoms with Gasteiger partial charge in [-0.05, 0) is 78.0 Å². The predicted molar refractivity (Wildman–Crippen MR) is 494 cm³/mol. The number of hydrogen-bond acceptors (Lipinski definition) is 29. The Morgan fingerprint density at radius 1 is 0.451 bits per heavy atom. The third-order valence-corrected chi connectivity index (χ3v) is 29.5. The van der Waals surface area contributed by atoms with Crippen LogP contribution < -0.4 is 4.90 Å². The van der Waals surface area contributed by atoms with Crippen LogP contribution in [0, 0.1) is 39.9 Å². The number of methoxy groups -OCH3 is 6. The Morgan fingerprint density at radius 3 is 1.14 bits per heavy atom.